The molecule has 1 rings (SSSR count). The smallest absolute Gasteiger partial charge is 0.147 e. The van der Waals surface area contributed by atoms with Gasteiger partial charge in [-0.25, -0.2) is 4.98 Å². The van der Waals surface area contributed by atoms with Gasteiger partial charge in [0.15, 0.2) is 0 Å². The van der Waals surface area contributed by atoms with Crippen molar-refractivity contribution in [2.75, 3.05) is 11.4 Å². The van der Waals surface area contributed by atoms with E-state index in [1.54, 1.807) is 0 Å². The Hall–Kier alpha value is -1.16. The van der Waals surface area contributed by atoms with E-state index >= 15 is 0 Å². The topological polar surface area (TPSA) is 41.1 Å². The molecule has 20 heavy (non-hydrogen) atoms. The van der Waals surface area contributed by atoms with E-state index in [1.807, 2.05) is 12.4 Å². The second-order valence-electron chi connectivity index (χ2n) is 5.71. The summed E-state index contributed by atoms with van der Waals surface area (Å²) in [5, 5.41) is 3.36. The molecule has 1 N–H and O–H groups in total. The lowest BCUT2D eigenvalue weighted by molar-refractivity contribution is 0.574. The Kier molecular flexibility index (Phi) is 7.52. The second kappa shape index (κ2) is 8.90. The Balaban J connectivity index is 2.71. The lowest BCUT2D eigenvalue weighted by Crippen LogP contribution is -2.34. The van der Waals surface area contributed by atoms with Crippen molar-refractivity contribution in [3.8, 4) is 0 Å². The van der Waals surface area contributed by atoms with Crippen LogP contribution in [0.25, 0.3) is 0 Å². The molecule has 4 nitrogen and oxygen atoms in total. The van der Waals surface area contributed by atoms with Gasteiger partial charge >= 0.3 is 0 Å². The minimum atomic E-state index is 0.470. The third kappa shape index (κ3) is 5.45. The summed E-state index contributed by atoms with van der Waals surface area (Å²) < 4.78 is 0. The van der Waals surface area contributed by atoms with Crippen molar-refractivity contribution in [2.45, 2.75) is 72.5 Å². The summed E-state index contributed by atoms with van der Waals surface area (Å²) in [7, 11) is 0. The molecule has 0 saturated carbocycles. The van der Waals surface area contributed by atoms with Crippen LogP contribution in [0.4, 0.5) is 5.82 Å². The monoisotopic (exact) mass is 278 g/mol. The first-order valence-electron chi connectivity index (χ1n) is 7.89. The van der Waals surface area contributed by atoms with Crippen LogP contribution in [0.3, 0.4) is 0 Å². The number of nitrogens with zero attached hydrogens (tertiary/aromatic N) is 3. The molecule has 0 spiro atoms. The Morgan fingerprint density at radius 2 is 1.90 bits per heavy atom. The van der Waals surface area contributed by atoms with Gasteiger partial charge < -0.3 is 10.2 Å². The van der Waals surface area contributed by atoms with Gasteiger partial charge in [0.05, 0.1) is 18.1 Å². The summed E-state index contributed by atoms with van der Waals surface area (Å²) in [4.78, 5) is 11.5. The van der Waals surface area contributed by atoms with Gasteiger partial charge in [0.1, 0.15) is 5.82 Å². The molecule has 0 saturated heterocycles. The SMILES string of the molecule is CCCCN(c1cnc(CNC(C)C)cn1)C(C)CC. The van der Waals surface area contributed by atoms with E-state index in [-0.39, 0.29) is 0 Å². The molecule has 0 fully saturated rings. The summed E-state index contributed by atoms with van der Waals surface area (Å²) >= 11 is 0. The van der Waals surface area contributed by atoms with Crippen LogP contribution in [-0.4, -0.2) is 28.6 Å². The predicted molar refractivity (Wildman–Crippen MR) is 86.0 cm³/mol. The molecule has 1 aromatic heterocycles. The molecule has 0 bridgehead atoms. The van der Waals surface area contributed by atoms with Crippen molar-refractivity contribution >= 4 is 5.82 Å². The molecule has 1 heterocycles. The van der Waals surface area contributed by atoms with Crippen LogP contribution in [-0.2, 0) is 6.54 Å². The van der Waals surface area contributed by atoms with Crippen LogP contribution < -0.4 is 10.2 Å². The summed E-state index contributed by atoms with van der Waals surface area (Å²) in [5.74, 6) is 1.00. The number of anilines is 1. The maximum Gasteiger partial charge on any atom is 0.147 e. The van der Waals surface area contributed by atoms with E-state index < -0.39 is 0 Å². The first kappa shape index (κ1) is 16.9. The van der Waals surface area contributed by atoms with Crippen LogP contribution in [0.15, 0.2) is 12.4 Å². The van der Waals surface area contributed by atoms with Crippen LogP contribution in [0.2, 0.25) is 0 Å². The van der Waals surface area contributed by atoms with E-state index in [2.05, 4.69) is 54.8 Å². The number of nitrogens with one attached hydrogen (secondary N) is 1. The standard InChI is InChI=1S/C16H30N4/c1-6-8-9-20(14(5)7-2)16-12-18-15(11-19-16)10-17-13(3)4/h11-14,17H,6-10H2,1-5H3. The van der Waals surface area contributed by atoms with E-state index in [1.165, 1.54) is 12.8 Å². The zero-order valence-electron chi connectivity index (χ0n) is 13.7. The van der Waals surface area contributed by atoms with Gasteiger partial charge in [-0.2, -0.15) is 0 Å². The zero-order valence-corrected chi connectivity index (χ0v) is 13.7. The van der Waals surface area contributed by atoms with Gasteiger partial charge in [-0.1, -0.05) is 34.1 Å². The summed E-state index contributed by atoms with van der Waals surface area (Å²) in [6.07, 6.45) is 7.34. The van der Waals surface area contributed by atoms with Crippen LogP contribution in [0, 0.1) is 0 Å². The van der Waals surface area contributed by atoms with Crippen molar-refractivity contribution in [3.05, 3.63) is 18.1 Å². The number of aromatic nitrogens is 2. The average molecular weight is 278 g/mol. The van der Waals surface area contributed by atoms with Gasteiger partial charge in [-0.3, -0.25) is 4.98 Å². The molecular weight excluding hydrogens is 248 g/mol. The third-order valence-corrected chi connectivity index (χ3v) is 3.55. The Morgan fingerprint density at radius 1 is 1.15 bits per heavy atom. The highest BCUT2D eigenvalue weighted by Crippen LogP contribution is 2.16. The lowest BCUT2D eigenvalue weighted by atomic mass is 10.2. The number of hydrogen-bond acceptors (Lipinski definition) is 4. The van der Waals surface area contributed by atoms with Gasteiger partial charge in [-0.15, -0.1) is 0 Å². The predicted octanol–water partition coefficient (Wildman–Crippen LogP) is 3.38. The molecule has 0 radical (unpaired) electrons. The second-order valence-corrected chi connectivity index (χ2v) is 5.71. The van der Waals surface area contributed by atoms with Crippen molar-refractivity contribution in [2.24, 2.45) is 0 Å². The van der Waals surface area contributed by atoms with Crippen molar-refractivity contribution in [1.29, 1.82) is 0 Å². The van der Waals surface area contributed by atoms with Crippen molar-refractivity contribution < 1.29 is 0 Å². The zero-order chi connectivity index (χ0) is 15.0. The molecule has 1 unspecified atom stereocenters. The highest BCUT2D eigenvalue weighted by molar-refractivity contribution is 5.37. The fourth-order valence-electron chi connectivity index (χ4n) is 2.01. The lowest BCUT2D eigenvalue weighted by Gasteiger charge is -2.29. The maximum atomic E-state index is 4.60. The average Bonchev–Trinajstić information content (AvgIpc) is 2.46. The molecule has 114 valence electrons. The molecule has 0 aromatic carbocycles. The van der Waals surface area contributed by atoms with Crippen molar-refractivity contribution in [1.82, 2.24) is 15.3 Å². The molecule has 1 aromatic rings. The van der Waals surface area contributed by atoms with Crippen molar-refractivity contribution in [3.63, 3.8) is 0 Å². The number of hydrogen-bond donors (Lipinski definition) is 1. The Morgan fingerprint density at radius 3 is 2.40 bits per heavy atom. The minimum Gasteiger partial charge on any atom is -0.353 e. The fourth-order valence-corrected chi connectivity index (χ4v) is 2.01. The fraction of sp³-hybridized carbons (Fsp3) is 0.750. The summed E-state index contributed by atoms with van der Waals surface area (Å²) in [6.45, 7) is 12.8. The molecule has 0 aliphatic rings. The number of rotatable bonds is 9. The summed E-state index contributed by atoms with van der Waals surface area (Å²) in [5.41, 5.74) is 1.00. The Labute approximate surface area is 124 Å². The van der Waals surface area contributed by atoms with Gasteiger partial charge in [-0.05, 0) is 19.8 Å². The van der Waals surface area contributed by atoms with E-state index in [0.717, 1.165) is 31.0 Å². The molecule has 4 heteroatoms. The largest absolute Gasteiger partial charge is 0.353 e. The van der Waals surface area contributed by atoms with E-state index in [0.29, 0.717) is 12.1 Å². The third-order valence-electron chi connectivity index (χ3n) is 3.55. The van der Waals surface area contributed by atoms with Gasteiger partial charge in [0.25, 0.3) is 0 Å². The quantitative estimate of drug-likeness (QED) is 0.752. The van der Waals surface area contributed by atoms with E-state index in [9.17, 15) is 0 Å². The van der Waals surface area contributed by atoms with E-state index in [4.69, 9.17) is 0 Å². The maximum absolute atomic E-state index is 4.60. The molecule has 0 aliphatic heterocycles. The molecular formula is C16H30N4. The van der Waals surface area contributed by atoms with Crippen LogP contribution in [0.1, 0.15) is 59.6 Å². The number of unbranched alkanes of at least 4 members (excludes halogenated alkanes) is 1. The first-order chi connectivity index (χ1) is 9.58. The van der Waals surface area contributed by atoms with Crippen LogP contribution >= 0.6 is 0 Å². The summed E-state index contributed by atoms with van der Waals surface area (Å²) in [6, 6.07) is 0.980. The molecule has 0 aliphatic carbocycles. The molecule has 0 amide bonds. The normalized spacial score (nSPS) is 12.7. The highest BCUT2D eigenvalue weighted by atomic mass is 15.2. The highest BCUT2D eigenvalue weighted by Gasteiger charge is 2.14. The van der Waals surface area contributed by atoms with Gasteiger partial charge in [0.2, 0.25) is 0 Å². The first-order valence-corrected chi connectivity index (χ1v) is 7.89. The van der Waals surface area contributed by atoms with Gasteiger partial charge in [0, 0.05) is 25.2 Å². The van der Waals surface area contributed by atoms with Crippen LogP contribution in [0.5, 0.6) is 0 Å². The Bertz CT molecular complexity index is 361. The molecule has 1 atom stereocenters. The minimum absolute atomic E-state index is 0.470.